The number of Topliss-reactive ketones (excluding diaryl/α,β-unsaturated/α-hetero) is 1. The van der Waals surface area contributed by atoms with E-state index in [4.69, 9.17) is 23.7 Å². The first-order valence-electron chi connectivity index (χ1n) is 9.62. The number of ether oxygens (including phenoxy) is 5. The topological polar surface area (TPSA) is 83.5 Å². The SMILES string of the molecule is Cc1c(OC(=O)N2CCOCC2)ccc2c1OC(=Cc1ccc3c(c1)OCO3)C2=O. The summed E-state index contributed by atoms with van der Waals surface area (Å²) >= 11 is 0. The fourth-order valence-corrected chi connectivity index (χ4v) is 3.54. The van der Waals surface area contributed by atoms with Gasteiger partial charge in [-0.1, -0.05) is 6.07 Å². The highest BCUT2D eigenvalue weighted by Gasteiger charge is 2.31. The van der Waals surface area contributed by atoms with Gasteiger partial charge in [-0.2, -0.15) is 0 Å². The van der Waals surface area contributed by atoms with Gasteiger partial charge < -0.3 is 28.6 Å². The van der Waals surface area contributed by atoms with Crippen molar-refractivity contribution < 1.29 is 33.3 Å². The van der Waals surface area contributed by atoms with E-state index >= 15 is 0 Å². The molecule has 0 spiro atoms. The van der Waals surface area contributed by atoms with Gasteiger partial charge in [-0.15, -0.1) is 0 Å². The third kappa shape index (κ3) is 3.25. The minimum atomic E-state index is -0.443. The van der Waals surface area contributed by atoms with E-state index in [0.29, 0.717) is 60.4 Å². The molecule has 0 N–H and O–H groups in total. The van der Waals surface area contributed by atoms with Crippen LogP contribution in [0.2, 0.25) is 0 Å². The Morgan fingerprint density at radius 3 is 2.73 bits per heavy atom. The number of hydrogen-bond donors (Lipinski definition) is 0. The standard InChI is InChI=1S/C22H19NO7/c1-13-16(30-22(25)23-6-8-26-9-7-23)5-3-15-20(24)19(29-21(13)15)11-14-2-4-17-18(10-14)28-12-27-17/h2-5,10-11H,6-9,12H2,1H3. The molecule has 0 saturated carbocycles. The van der Waals surface area contributed by atoms with E-state index in [2.05, 4.69) is 0 Å². The molecule has 2 aromatic carbocycles. The van der Waals surface area contributed by atoms with Crippen LogP contribution in [0.4, 0.5) is 4.79 Å². The van der Waals surface area contributed by atoms with E-state index < -0.39 is 6.09 Å². The zero-order chi connectivity index (χ0) is 20.7. The Balaban J connectivity index is 1.38. The minimum absolute atomic E-state index is 0.182. The Bertz CT molecular complexity index is 1070. The van der Waals surface area contributed by atoms with E-state index in [-0.39, 0.29) is 18.3 Å². The second-order valence-corrected chi connectivity index (χ2v) is 7.09. The number of carbonyl (C=O) groups is 2. The molecule has 1 fully saturated rings. The summed E-state index contributed by atoms with van der Waals surface area (Å²) in [6.07, 6.45) is 1.21. The highest BCUT2D eigenvalue weighted by Crippen LogP contribution is 2.40. The lowest BCUT2D eigenvalue weighted by Gasteiger charge is -2.26. The number of ketones is 1. The monoisotopic (exact) mass is 409 g/mol. The van der Waals surface area contributed by atoms with E-state index in [0.717, 1.165) is 5.56 Å². The molecule has 2 aromatic rings. The van der Waals surface area contributed by atoms with Crippen molar-refractivity contribution in [3.05, 3.63) is 52.8 Å². The lowest BCUT2D eigenvalue weighted by Crippen LogP contribution is -2.42. The number of amides is 1. The van der Waals surface area contributed by atoms with Crippen LogP contribution < -0.4 is 18.9 Å². The van der Waals surface area contributed by atoms with E-state index in [1.54, 1.807) is 42.2 Å². The van der Waals surface area contributed by atoms with Crippen LogP contribution >= 0.6 is 0 Å². The third-order valence-corrected chi connectivity index (χ3v) is 5.20. The summed E-state index contributed by atoms with van der Waals surface area (Å²) in [7, 11) is 0. The van der Waals surface area contributed by atoms with Gasteiger partial charge in [0.25, 0.3) is 0 Å². The summed E-state index contributed by atoms with van der Waals surface area (Å²) in [5.74, 6) is 2.03. The van der Waals surface area contributed by atoms with Gasteiger partial charge in [0.15, 0.2) is 17.3 Å². The van der Waals surface area contributed by atoms with Crippen LogP contribution in [0, 0.1) is 6.92 Å². The quantitative estimate of drug-likeness (QED) is 0.705. The normalized spacial score (nSPS) is 18.4. The molecule has 1 amide bonds. The predicted molar refractivity (Wildman–Crippen MR) is 105 cm³/mol. The number of carbonyl (C=O) groups excluding carboxylic acids is 2. The zero-order valence-corrected chi connectivity index (χ0v) is 16.3. The maximum absolute atomic E-state index is 12.8. The lowest BCUT2D eigenvalue weighted by atomic mass is 10.1. The summed E-state index contributed by atoms with van der Waals surface area (Å²) in [6, 6.07) is 8.64. The van der Waals surface area contributed by atoms with Crippen LogP contribution in [0.15, 0.2) is 36.1 Å². The van der Waals surface area contributed by atoms with Crippen molar-refractivity contribution in [3.8, 4) is 23.0 Å². The van der Waals surface area contributed by atoms with Gasteiger partial charge in [0.05, 0.1) is 18.8 Å². The molecule has 8 nitrogen and oxygen atoms in total. The van der Waals surface area contributed by atoms with Gasteiger partial charge in [-0.3, -0.25) is 4.79 Å². The fraction of sp³-hybridized carbons (Fsp3) is 0.273. The van der Waals surface area contributed by atoms with Gasteiger partial charge in [0, 0.05) is 18.7 Å². The highest BCUT2D eigenvalue weighted by molar-refractivity contribution is 6.15. The van der Waals surface area contributed by atoms with E-state index in [1.807, 2.05) is 6.07 Å². The molecule has 0 aromatic heterocycles. The number of fused-ring (bicyclic) bond motifs is 2. The molecule has 3 aliphatic rings. The molecular weight excluding hydrogens is 390 g/mol. The number of benzene rings is 2. The Morgan fingerprint density at radius 1 is 1.10 bits per heavy atom. The van der Waals surface area contributed by atoms with Gasteiger partial charge in [-0.25, -0.2) is 4.79 Å². The molecular formula is C22H19NO7. The van der Waals surface area contributed by atoms with Crippen LogP contribution in [0.3, 0.4) is 0 Å². The van der Waals surface area contributed by atoms with Gasteiger partial charge in [0.1, 0.15) is 11.5 Å². The van der Waals surface area contributed by atoms with Crippen LogP contribution in [-0.4, -0.2) is 49.9 Å². The van der Waals surface area contributed by atoms with Crippen molar-refractivity contribution in [2.24, 2.45) is 0 Å². The van der Waals surface area contributed by atoms with Crippen molar-refractivity contribution in [2.45, 2.75) is 6.92 Å². The molecule has 0 radical (unpaired) electrons. The first-order valence-corrected chi connectivity index (χ1v) is 9.62. The second-order valence-electron chi connectivity index (χ2n) is 7.09. The van der Waals surface area contributed by atoms with Gasteiger partial charge in [-0.05, 0) is 42.8 Å². The van der Waals surface area contributed by atoms with Gasteiger partial charge in [0.2, 0.25) is 12.6 Å². The second kappa shape index (κ2) is 7.38. The van der Waals surface area contributed by atoms with Crippen LogP contribution in [-0.2, 0) is 4.74 Å². The smallest absolute Gasteiger partial charge is 0.415 e. The molecule has 154 valence electrons. The van der Waals surface area contributed by atoms with Crippen LogP contribution in [0.25, 0.3) is 6.08 Å². The van der Waals surface area contributed by atoms with Crippen LogP contribution in [0.5, 0.6) is 23.0 Å². The van der Waals surface area contributed by atoms with Gasteiger partial charge >= 0.3 is 6.09 Å². The molecule has 8 heteroatoms. The summed E-state index contributed by atoms with van der Waals surface area (Å²) in [4.78, 5) is 26.8. The number of nitrogens with zero attached hydrogens (tertiary/aromatic N) is 1. The van der Waals surface area contributed by atoms with E-state index in [9.17, 15) is 9.59 Å². The molecule has 0 bridgehead atoms. The van der Waals surface area contributed by atoms with Crippen molar-refractivity contribution >= 4 is 18.0 Å². The average molecular weight is 409 g/mol. The largest absolute Gasteiger partial charge is 0.454 e. The molecule has 30 heavy (non-hydrogen) atoms. The maximum Gasteiger partial charge on any atom is 0.415 e. The number of allylic oxidation sites excluding steroid dienone is 1. The molecule has 3 heterocycles. The lowest BCUT2D eigenvalue weighted by molar-refractivity contribution is 0.0415. The first kappa shape index (κ1) is 18.5. The fourth-order valence-electron chi connectivity index (χ4n) is 3.54. The maximum atomic E-state index is 12.8. The Labute approximate surface area is 172 Å². The Morgan fingerprint density at radius 2 is 1.90 bits per heavy atom. The number of hydrogen-bond acceptors (Lipinski definition) is 7. The molecule has 1 saturated heterocycles. The summed E-state index contributed by atoms with van der Waals surface area (Å²) in [5.41, 5.74) is 1.79. The van der Waals surface area contributed by atoms with Crippen molar-refractivity contribution in [1.82, 2.24) is 4.90 Å². The third-order valence-electron chi connectivity index (χ3n) is 5.20. The summed E-state index contributed by atoms with van der Waals surface area (Å²) in [5, 5.41) is 0. The molecule has 0 unspecified atom stereocenters. The highest BCUT2D eigenvalue weighted by atomic mass is 16.7. The van der Waals surface area contributed by atoms with Crippen LogP contribution in [0.1, 0.15) is 21.5 Å². The molecule has 0 atom stereocenters. The molecule has 3 aliphatic heterocycles. The van der Waals surface area contributed by atoms with E-state index in [1.165, 1.54) is 0 Å². The minimum Gasteiger partial charge on any atom is -0.454 e. The van der Waals surface area contributed by atoms with Crippen molar-refractivity contribution in [1.29, 1.82) is 0 Å². The zero-order valence-electron chi connectivity index (χ0n) is 16.3. The predicted octanol–water partition coefficient (Wildman–Crippen LogP) is 3.17. The van der Waals surface area contributed by atoms with Crippen molar-refractivity contribution in [2.75, 3.05) is 33.1 Å². The Hall–Kier alpha value is -3.52. The Kier molecular flexibility index (Phi) is 4.55. The average Bonchev–Trinajstić information content (AvgIpc) is 3.35. The number of rotatable bonds is 2. The molecule has 5 rings (SSSR count). The summed E-state index contributed by atoms with van der Waals surface area (Å²) < 4.78 is 27.3. The summed E-state index contributed by atoms with van der Waals surface area (Å²) in [6.45, 7) is 3.90. The first-order chi connectivity index (χ1) is 14.6. The number of morpholine rings is 1. The van der Waals surface area contributed by atoms with Crippen molar-refractivity contribution in [3.63, 3.8) is 0 Å². The molecule has 0 aliphatic carbocycles.